The van der Waals surface area contributed by atoms with Crippen LogP contribution in [0.2, 0.25) is 0 Å². The summed E-state index contributed by atoms with van der Waals surface area (Å²) in [7, 11) is 0. The highest BCUT2D eigenvalue weighted by Crippen LogP contribution is 2.22. The molecular formula is C27H29N5O3. The fraction of sp³-hybridized carbons (Fsp3) is 0.296. The first-order valence-electron chi connectivity index (χ1n) is 11.5. The van der Waals surface area contributed by atoms with Crippen LogP contribution in [0.1, 0.15) is 54.7 Å². The number of hydroxylamine groups is 1. The van der Waals surface area contributed by atoms with E-state index in [9.17, 15) is 9.59 Å². The number of rotatable bonds is 7. The molecule has 0 unspecified atom stereocenters. The van der Waals surface area contributed by atoms with Gasteiger partial charge in [-0.2, -0.15) is 0 Å². The Morgan fingerprint density at radius 2 is 1.66 bits per heavy atom. The number of hydrogen-bond donors (Lipinski definition) is 2. The van der Waals surface area contributed by atoms with E-state index in [-0.39, 0.29) is 17.1 Å². The number of Topliss-reactive ketones (excluding diaryl/α,β-unsaturated/α-hetero) is 1. The summed E-state index contributed by atoms with van der Waals surface area (Å²) in [6.07, 6.45) is 3.72. The summed E-state index contributed by atoms with van der Waals surface area (Å²) in [5, 5.41) is 2.88. The van der Waals surface area contributed by atoms with E-state index < -0.39 is 6.04 Å². The van der Waals surface area contributed by atoms with E-state index in [0.29, 0.717) is 35.9 Å². The van der Waals surface area contributed by atoms with E-state index in [4.69, 9.17) is 4.84 Å². The van der Waals surface area contributed by atoms with Crippen molar-refractivity contribution in [1.82, 2.24) is 20.8 Å². The van der Waals surface area contributed by atoms with Crippen molar-refractivity contribution in [2.75, 3.05) is 6.67 Å². The highest BCUT2D eigenvalue weighted by molar-refractivity contribution is 5.97. The average molecular weight is 472 g/mol. The van der Waals surface area contributed by atoms with Crippen molar-refractivity contribution >= 4 is 17.6 Å². The lowest BCUT2D eigenvalue weighted by Crippen LogP contribution is -2.41. The van der Waals surface area contributed by atoms with Gasteiger partial charge in [0.05, 0.1) is 11.6 Å². The minimum atomic E-state index is -0.619. The highest BCUT2D eigenvalue weighted by atomic mass is 16.7. The van der Waals surface area contributed by atoms with Crippen LogP contribution in [0, 0.1) is 0 Å². The SMILES string of the molecule is CC(=O)[C@H](Cc1ccc(-c2ncc(C3=NCNO3)cn2)cc1)NC(=O)c1ccc(C(C)(C)C)cc1. The minimum Gasteiger partial charge on any atom is -0.386 e. The topological polar surface area (TPSA) is 106 Å². The van der Waals surface area contributed by atoms with E-state index in [1.165, 1.54) is 6.92 Å². The van der Waals surface area contributed by atoms with Gasteiger partial charge in [-0.05, 0) is 42.0 Å². The summed E-state index contributed by atoms with van der Waals surface area (Å²) >= 11 is 0. The van der Waals surface area contributed by atoms with Crippen LogP contribution in [0.5, 0.6) is 0 Å². The Morgan fingerprint density at radius 3 is 2.20 bits per heavy atom. The van der Waals surface area contributed by atoms with Gasteiger partial charge in [0, 0.05) is 23.5 Å². The Balaban J connectivity index is 1.41. The van der Waals surface area contributed by atoms with Crippen molar-refractivity contribution in [3.8, 4) is 11.4 Å². The van der Waals surface area contributed by atoms with Gasteiger partial charge in [0.25, 0.3) is 5.91 Å². The van der Waals surface area contributed by atoms with Gasteiger partial charge < -0.3 is 10.2 Å². The lowest BCUT2D eigenvalue weighted by molar-refractivity contribution is -0.118. The lowest BCUT2D eigenvalue weighted by Gasteiger charge is -2.20. The molecule has 1 aromatic heterocycles. The molecule has 2 N–H and O–H groups in total. The van der Waals surface area contributed by atoms with Gasteiger partial charge in [-0.15, -0.1) is 5.48 Å². The molecule has 1 aliphatic heterocycles. The highest BCUT2D eigenvalue weighted by Gasteiger charge is 2.20. The molecule has 8 heteroatoms. The van der Waals surface area contributed by atoms with Crippen molar-refractivity contribution in [2.24, 2.45) is 4.99 Å². The summed E-state index contributed by atoms with van der Waals surface area (Å²) in [6.45, 7) is 8.27. The van der Waals surface area contributed by atoms with E-state index in [2.05, 4.69) is 46.5 Å². The zero-order valence-corrected chi connectivity index (χ0v) is 20.3. The van der Waals surface area contributed by atoms with Crippen molar-refractivity contribution in [1.29, 1.82) is 0 Å². The maximum atomic E-state index is 12.8. The largest absolute Gasteiger partial charge is 0.386 e. The number of nitrogens with zero attached hydrogens (tertiary/aromatic N) is 3. The number of nitrogens with one attached hydrogen (secondary N) is 2. The number of ketones is 1. The van der Waals surface area contributed by atoms with Crippen LogP contribution in [0.3, 0.4) is 0 Å². The average Bonchev–Trinajstić information content (AvgIpc) is 3.39. The molecule has 8 nitrogen and oxygen atoms in total. The second-order valence-corrected chi connectivity index (χ2v) is 9.53. The van der Waals surface area contributed by atoms with Crippen LogP contribution in [0.4, 0.5) is 0 Å². The zero-order chi connectivity index (χ0) is 25.0. The van der Waals surface area contributed by atoms with E-state index in [0.717, 1.165) is 16.7 Å². The Labute approximate surface area is 204 Å². The van der Waals surface area contributed by atoms with Crippen LogP contribution in [-0.4, -0.2) is 40.3 Å². The summed E-state index contributed by atoms with van der Waals surface area (Å²) in [5.74, 6) is 0.678. The molecule has 3 aromatic rings. The zero-order valence-electron chi connectivity index (χ0n) is 20.3. The lowest BCUT2D eigenvalue weighted by atomic mass is 9.86. The molecule has 0 saturated heterocycles. The Hall–Kier alpha value is -3.91. The number of aliphatic imine (C=N–C) groups is 1. The fourth-order valence-electron chi connectivity index (χ4n) is 3.66. The molecule has 1 amide bonds. The molecule has 0 bridgehead atoms. The third-order valence-corrected chi connectivity index (χ3v) is 5.82. The maximum absolute atomic E-state index is 12.8. The van der Waals surface area contributed by atoms with Crippen molar-refractivity contribution in [2.45, 2.75) is 45.6 Å². The van der Waals surface area contributed by atoms with Gasteiger partial charge >= 0.3 is 0 Å². The molecule has 0 aliphatic carbocycles. The van der Waals surface area contributed by atoms with Crippen molar-refractivity contribution in [3.05, 3.63) is 83.2 Å². The number of amides is 1. The van der Waals surface area contributed by atoms with Crippen molar-refractivity contribution < 1.29 is 14.4 Å². The Morgan fingerprint density at radius 1 is 1.00 bits per heavy atom. The van der Waals surface area contributed by atoms with E-state index >= 15 is 0 Å². The standard InChI is InChI=1S/C27H29N5O3/c1-17(33)23(32-25(34)20-9-11-22(12-10-20)27(2,3)4)13-18-5-7-19(8-6-18)24-28-14-21(15-29-24)26-30-16-31-35-26/h5-12,14-15,23,31H,13,16H2,1-4H3,(H,32,34)/t23-/m0/s1. The predicted octanol–water partition coefficient (Wildman–Crippen LogP) is 3.61. The summed E-state index contributed by atoms with van der Waals surface area (Å²) < 4.78 is 0. The van der Waals surface area contributed by atoms with Crippen LogP contribution in [0.25, 0.3) is 11.4 Å². The third kappa shape index (κ3) is 5.96. The maximum Gasteiger partial charge on any atom is 0.251 e. The molecule has 0 radical (unpaired) electrons. The van der Waals surface area contributed by atoms with Gasteiger partial charge in [0.1, 0.15) is 6.67 Å². The smallest absolute Gasteiger partial charge is 0.251 e. The number of carbonyl (C=O) groups is 2. The van der Waals surface area contributed by atoms with Gasteiger partial charge in [-0.25, -0.2) is 15.0 Å². The predicted molar refractivity (Wildman–Crippen MR) is 134 cm³/mol. The summed E-state index contributed by atoms with van der Waals surface area (Å²) in [6, 6.07) is 14.5. The van der Waals surface area contributed by atoms with E-state index in [1.54, 1.807) is 24.5 Å². The van der Waals surface area contributed by atoms with Gasteiger partial charge in [-0.1, -0.05) is 57.2 Å². The van der Waals surface area contributed by atoms with E-state index in [1.807, 2.05) is 36.4 Å². The van der Waals surface area contributed by atoms with Gasteiger partial charge in [0.15, 0.2) is 11.6 Å². The van der Waals surface area contributed by atoms with Gasteiger partial charge in [-0.3, -0.25) is 9.59 Å². The summed E-state index contributed by atoms with van der Waals surface area (Å²) in [5.41, 5.74) is 6.82. The molecule has 1 aliphatic rings. The Kier molecular flexibility index (Phi) is 7.02. The molecule has 2 aromatic carbocycles. The first-order chi connectivity index (χ1) is 16.7. The normalized spacial score (nSPS) is 14.1. The van der Waals surface area contributed by atoms with Crippen LogP contribution < -0.4 is 10.8 Å². The number of aromatic nitrogens is 2. The first-order valence-corrected chi connectivity index (χ1v) is 11.5. The molecule has 0 saturated carbocycles. The number of hydrogen-bond acceptors (Lipinski definition) is 7. The second kappa shape index (κ2) is 10.1. The Bertz CT molecular complexity index is 1230. The van der Waals surface area contributed by atoms with Crippen LogP contribution in [0.15, 0.2) is 65.9 Å². The first kappa shape index (κ1) is 24.2. The number of carbonyl (C=O) groups excluding carboxylic acids is 2. The minimum absolute atomic E-state index is 0.00674. The third-order valence-electron chi connectivity index (χ3n) is 5.82. The molecular weight excluding hydrogens is 442 g/mol. The molecule has 180 valence electrons. The van der Waals surface area contributed by atoms with Gasteiger partial charge in [0.2, 0.25) is 5.90 Å². The fourth-order valence-corrected chi connectivity index (χ4v) is 3.66. The quantitative estimate of drug-likeness (QED) is 0.545. The molecule has 2 heterocycles. The molecule has 0 fully saturated rings. The molecule has 0 spiro atoms. The van der Waals surface area contributed by atoms with Crippen LogP contribution in [-0.2, 0) is 21.5 Å². The molecule has 1 atom stereocenters. The van der Waals surface area contributed by atoms with Crippen LogP contribution >= 0.6 is 0 Å². The molecule has 4 rings (SSSR count). The summed E-state index contributed by atoms with van der Waals surface area (Å²) in [4.78, 5) is 43.2. The second-order valence-electron chi connectivity index (χ2n) is 9.53. The number of benzene rings is 2. The molecule has 35 heavy (non-hydrogen) atoms. The monoisotopic (exact) mass is 471 g/mol. The van der Waals surface area contributed by atoms with Crippen molar-refractivity contribution in [3.63, 3.8) is 0 Å².